The molecule has 0 heterocycles. The third-order valence-corrected chi connectivity index (χ3v) is 4.74. The Labute approximate surface area is 162 Å². The summed E-state index contributed by atoms with van der Waals surface area (Å²) in [4.78, 5) is 11.0. The van der Waals surface area contributed by atoms with E-state index in [0.717, 1.165) is 17.7 Å². The lowest BCUT2D eigenvalue weighted by atomic mass is 9.93. The summed E-state index contributed by atoms with van der Waals surface area (Å²) in [7, 11) is 0. The molecule has 0 saturated heterocycles. The van der Waals surface area contributed by atoms with Gasteiger partial charge in [0.25, 0.3) is 0 Å². The molecule has 4 heteroatoms. The van der Waals surface area contributed by atoms with Gasteiger partial charge in [-0.15, -0.1) is 0 Å². The Morgan fingerprint density at radius 2 is 1.74 bits per heavy atom. The highest BCUT2D eigenvalue weighted by atomic mass is 16.5. The summed E-state index contributed by atoms with van der Waals surface area (Å²) in [5, 5.41) is 12.8. The van der Waals surface area contributed by atoms with Gasteiger partial charge >= 0.3 is 0 Å². The Balaban J connectivity index is 2.17. The minimum absolute atomic E-state index is 0.0529. The fourth-order valence-electron chi connectivity index (χ4n) is 3.24. The first-order valence-corrected chi connectivity index (χ1v) is 9.50. The minimum Gasteiger partial charge on any atom is -0.508 e. The number of aryl methyl sites for hydroxylation is 2. The van der Waals surface area contributed by atoms with Gasteiger partial charge in [0.2, 0.25) is 5.91 Å². The van der Waals surface area contributed by atoms with Crippen LogP contribution in [0.3, 0.4) is 0 Å². The van der Waals surface area contributed by atoms with Crippen LogP contribution in [0.25, 0.3) is 0 Å². The van der Waals surface area contributed by atoms with Crippen LogP contribution in [-0.4, -0.2) is 23.7 Å². The zero-order chi connectivity index (χ0) is 20.1. The highest BCUT2D eigenvalue weighted by Crippen LogP contribution is 2.29. The maximum atomic E-state index is 11.0. The first-order chi connectivity index (χ1) is 12.7. The lowest BCUT2D eigenvalue weighted by Crippen LogP contribution is -2.31. The number of rotatable bonds is 7. The van der Waals surface area contributed by atoms with Crippen molar-refractivity contribution in [3.8, 4) is 11.5 Å². The standard InChI is InChI=1S/C23H31NO3/c1-14(2)21-11-19(7-8-23(21)26)12-22-15(3)9-20(10-16(22)4)27-17(5)13-24-18(6)25/h7-11,14,17,26H,12-13H2,1-6H3,(H,24,25). The molecule has 2 aromatic carbocycles. The zero-order valence-electron chi connectivity index (χ0n) is 17.2. The van der Waals surface area contributed by atoms with E-state index >= 15 is 0 Å². The summed E-state index contributed by atoms with van der Waals surface area (Å²) in [6.45, 7) is 12.3. The number of amides is 1. The van der Waals surface area contributed by atoms with Crippen LogP contribution in [0.5, 0.6) is 11.5 Å². The molecule has 0 fully saturated rings. The van der Waals surface area contributed by atoms with Gasteiger partial charge in [0, 0.05) is 6.92 Å². The largest absolute Gasteiger partial charge is 0.508 e. The highest BCUT2D eigenvalue weighted by molar-refractivity contribution is 5.72. The Kier molecular flexibility index (Phi) is 6.89. The number of ether oxygens (including phenoxy) is 1. The van der Waals surface area contributed by atoms with Crippen molar-refractivity contribution in [2.24, 2.45) is 0 Å². The van der Waals surface area contributed by atoms with Gasteiger partial charge in [0.05, 0.1) is 6.54 Å². The number of nitrogens with one attached hydrogen (secondary N) is 1. The predicted octanol–water partition coefficient (Wildman–Crippen LogP) is 4.63. The zero-order valence-corrected chi connectivity index (χ0v) is 17.2. The summed E-state index contributed by atoms with van der Waals surface area (Å²) >= 11 is 0. The molecule has 0 aromatic heterocycles. The molecular weight excluding hydrogens is 338 g/mol. The summed E-state index contributed by atoms with van der Waals surface area (Å²) in [6.07, 6.45) is 0.726. The predicted molar refractivity (Wildman–Crippen MR) is 110 cm³/mol. The summed E-state index contributed by atoms with van der Waals surface area (Å²) in [6, 6.07) is 9.97. The smallest absolute Gasteiger partial charge is 0.217 e. The van der Waals surface area contributed by atoms with E-state index in [0.29, 0.717) is 12.3 Å². The molecule has 4 nitrogen and oxygen atoms in total. The molecule has 0 spiro atoms. The Hall–Kier alpha value is -2.49. The Morgan fingerprint density at radius 1 is 1.11 bits per heavy atom. The van der Waals surface area contributed by atoms with Crippen molar-refractivity contribution < 1.29 is 14.6 Å². The first kappa shape index (κ1) is 20.8. The van der Waals surface area contributed by atoms with Gasteiger partial charge in [-0.25, -0.2) is 0 Å². The lowest BCUT2D eigenvalue weighted by Gasteiger charge is -2.18. The molecule has 0 aliphatic heterocycles. The highest BCUT2D eigenvalue weighted by Gasteiger charge is 2.12. The van der Waals surface area contributed by atoms with E-state index in [1.165, 1.54) is 29.2 Å². The molecule has 0 bridgehead atoms. The van der Waals surface area contributed by atoms with E-state index in [2.05, 4.69) is 51.2 Å². The van der Waals surface area contributed by atoms with Crippen LogP contribution >= 0.6 is 0 Å². The van der Waals surface area contributed by atoms with Crippen LogP contribution in [0, 0.1) is 13.8 Å². The van der Waals surface area contributed by atoms with E-state index in [-0.39, 0.29) is 17.9 Å². The second-order valence-corrected chi connectivity index (χ2v) is 7.63. The van der Waals surface area contributed by atoms with Gasteiger partial charge in [-0.05, 0) is 79.1 Å². The topological polar surface area (TPSA) is 58.6 Å². The normalized spacial score (nSPS) is 12.1. The number of phenolic OH excluding ortho intramolecular Hbond substituents is 1. The molecule has 2 rings (SSSR count). The Bertz CT molecular complexity index is 788. The fourth-order valence-corrected chi connectivity index (χ4v) is 3.24. The van der Waals surface area contributed by atoms with E-state index in [1.807, 2.05) is 13.0 Å². The molecule has 1 atom stereocenters. The van der Waals surface area contributed by atoms with E-state index in [4.69, 9.17) is 4.74 Å². The van der Waals surface area contributed by atoms with Crippen molar-refractivity contribution in [3.05, 3.63) is 58.1 Å². The lowest BCUT2D eigenvalue weighted by molar-refractivity contribution is -0.119. The summed E-state index contributed by atoms with van der Waals surface area (Å²) in [5.74, 6) is 1.41. The van der Waals surface area contributed by atoms with Crippen molar-refractivity contribution in [2.45, 2.75) is 60.0 Å². The molecule has 0 aliphatic carbocycles. The summed E-state index contributed by atoms with van der Waals surface area (Å²) in [5.41, 5.74) is 5.80. The number of benzene rings is 2. The number of hydrogen-bond acceptors (Lipinski definition) is 3. The number of carbonyl (C=O) groups excluding carboxylic acids is 1. The average molecular weight is 370 g/mol. The van der Waals surface area contributed by atoms with Crippen molar-refractivity contribution in [1.29, 1.82) is 0 Å². The number of hydrogen-bond donors (Lipinski definition) is 2. The van der Waals surface area contributed by atoms with E-state index in [9.17, 15) is 9.90 Å². The van der Waals surface area contributed by atoms with Gasteiger partial charge in [-0.3, -0.25) is 4.79 Å². The van der Waals surface area contributed by atoms with Gasteiger partial charge in [0.1, 0.15) is 17.6 Å². The van der Waals surface area contributed by atoms with Gasteiger partial charge in [-0.2, -0.15) is 0 Å². The molecule has 0 aliphatic rings. The van der Waals surface area contributed by atoms with E-state index in [1.54, 1.807) is 6.07 Å². The molecule has 1 unspecified atom stereocenters. The number of aromatic hydroxyl groups is 1. The van der Waals surface area contributed by atoms with Crippen molar-refractivity contribution in [3.63, 3.8) is 0 Å². The number of carbonyl (C=O) groups is 1. The molecule has 27 heavy (non-hydrogen) atoms. The quantitative estimate of drug-likeness (QED) is 0.748. The van der Waals surface area contributed by atoms with Crippen LogP contribution in [-0.2, 0) is 11.2 Å². The number of phenols is 1. The van der Waals surface area contributed by atoms with Crippen LogP contribution in [0.1, 0.15) is 61.4 Å². The molecule has 0 radical (unpaired) electrons. The van der Waals surface area contributed by atoms with Crippen LogP contribution in [0.4, 0.5) is 0 Å². The maximum Gasteiger partial charge on any atom is 0.217 e. The third-order valence-electron chi connectivity index (χ3n) is 4.74. The van der Waals surface area contributed by atoms with Gasteiger partial charge in [-0.1, -0.05) is 26.0 Å². The van der Waals surface area contributed by atoms with Gasteiger partial charge in [0.15, 0.2) is 0 Å². The molecule has 0 saturated carbocycles. The monoisotopic (exact) mass is 369 g/mol. The second-order valence-electron chi connectivity index (χ2n) is 7.63. The molecule has 2 N–H and O–H groups in total. The average Bonchev–Trinajstić information content (AvgIpc) is 2.57. The Morgan fingerprint density at radius 3 is 2.30 bits per heavy atom. The van der Waals surface area contributed by atoms with Crippen LogP contribution in [0.15, 0.2) is 30.3 Å². The molecule has 1 amide bonds. The maximum absolute atomic E-state index is 11.0. The van der Waals surface area contributed by atoms with Crippen molar-refractivity contribution in [2.75, 3.05) is 6.54 Å². The second kappa shape index (κ2) is 8.94. The minimum atomic E-state index is -0.0933. The first-order valence-electron chi connectivity index (χ1n) is 9.50. The van der Waals surface area contributed by atoms with Crippen molar-refractivity contribution >= 4 is 5.91 Å². The fraction of sp³-hybridized carbons (Fsp3) is 0.435. The molecular formula is C23H31NO3. The third kappa shape index (κ3) is 5.75. The summed E-state index contributed by atoms with van der Waals surface area (Å²) < 4.78 is 5.95. The molecule has 2 aromatic rings. The van der Waals surface area contributed by atoms with E-state index < -0.39 is 0 Å². The van der Waals surface area contributed by atoms with Crippen LogP contribution < -0.4 is 10.1 Å². The van der Waals surface area contributed by atoms with Gasteiger partial charge < -0.3 is 15.2 Å². The van der Waals surface area contributed by atoms with Crippen LogP contribution in [0.2, 0.25) is 0 Å². The van der Waals surface area contributed by atoms with Crippen molar-refractivity contribution in [1.82, 2.24) is 5.32 Å². The SMILES string of the molecule is CC(=O)NCC(C)Oc1cc(C)c(Cc2ccc(O)c(C(C)C)c2)c(C)c1. The molecule has 146 valence electrons.